The number of aliphatic hydroxyl groups is 1. The topological polar surface area (TPSA) is 66.4 Å². The number of amides is 1. The van der Waals surface area contributed by atoms with E-state index in [2.05, 4.69) is 5.32 Å². The molecule has 1 amide bonds. The van der Waals surface area contributed by atoms with Gasteiger partial charge in [0, 0.05) is 13.1 Å². The van der Waals surface area contributed by atoms with Crippen LogP contribution in [0.2, 0.25) is 0 Å². The Bertz CT molecular complexity index is 257. The average molecular weight is 219 g/mol. The maximum Gasteiger partial charge on any atom is 0.217 e. The molecular weight excluding hydrogens is 201 g/mol. The van der Waals surface area contributed by atoms with Gasteiger partial charge in [0.1, 0.15) is 0 Å². The van der Waals surface area contributed by atoms with Gasteiger partial charge in [-0.25, -0.2) is 0 Å². The first-order valence-electron chi connectivity index (χ1n) is 4.44. The summed E-state index contributed by atoms with van der Waals surface area (Å²) >= 11 is 0. The smallest absolute Gasteiger partial charge is 0.217 e. The zero-order valence-corrected chi connectivity index (χ0v) is 9.75. The Hall–Kier alpha value is -0.600. The Balaban J connectivity index is 4.05. The van der Waals surface area contributed by atoms with Crippen LogP contribution in [0.25, 0.3) is 0 Å². The van der Waals surface area contributed by atoms with Crippen LogP contribution in [0.3, 0.4) is 0 Å². The maximum atomic E-state index is 11.3. The van der Waals surface area contributed by atoms with Crippen molar-refractivity contribution in [2.75, 3.05) is 26.1 Å². The summed E-state index contributed by atoms with van der Waals surface area (Å²) in [5.74, 6) is -0.190. The minimum atomic E-state index is -2.05. The van der Waals surface area contributed by atoms with Crippen LogP contribution in [-0.4, -0.2) is 43.2 Å². The third-order valence-electron chi connectivity index (χ3n) is 1.50. The number of aliphatic hydroxyl groups excluding tert-OH is 1. The van der Waals surface area contributed by atoms with Crippen molar-refractivity contribution < 1.29 is 14.5 Å². The highest BCUT2D eigenvalue weighted by Crippen LogP contribution is 2.35. The van der Waals surface area contributed by atoms with Gasteiger partial charge in [0.05, 0.1) is 19.8 Å². The van der Waals surface area contributed by atoms with Gasteiger partial charge >= 0.3 is 0 Å². The molecule has 0 saturated carbocycles. The van der Waals surface area contributed by atoms with Gasteiger partial charge in [-0.1, -0.05) is 12.2 Å². The summed E-state index contributed by atoms with van der Waals surface area (Å²) in [5, 5.41) is 11.4. The molecule has 14 heavy (non-hydrogen) atoms. The monoisotopic (exact) mass is 219 g/mol. The zero-order chi connectivity index (χ0) is 11.2. The van der Waals surface area contributed by atoms with E-state index < -0.39 is 7.14 Å². The molecule has 0 rings (SSSR count). The van der Waals surface area contributed by atoms with Crippen molar-refractivity contribution in [2.45, 2.75) is 13.0 Å². The Morgan fingerprint density at radius 2 is 2.14 bits per heavy atom. The van der Waals surface area contributed by atoms with Crippen molar-refractivity contribution in [1.82, 2.24) is 5.32 Å². The molecule has 0 aliphatic heterocycles. The van der Waals surface area contributed by atoms with E-state index in [1.165, 1.54) is 6.92 Å². The third-order valence-corrected chi connectivity index (χ3v) is 2.59. The minimum Gasteiger partial charge on any atom is -0.394 e. The third kappa shape index (κ3) is 8.02. The number of rotatable bonds is 5. The van der Waals surface area contributed by atoms with Gasteiger partial charge in [-0.15, -0.1) is 0 Å². The number of carbonyl (C=O) groups excluding carboxylic acids is 1. The molecule has 0 spiro atoms. The van der Waals surface area contributed by atoms with Crippen LogP contribution in [0.1, 0.15) is 6.92 Å². The lowest BCUT2D eigenvalue weighted by Gasteiger charge is -2.10. The van der Waals surface area contributed by atoms with Crippen LogP contribution < -0.4 is 5.32 Å². The number of hydrogen-bond acceptors (Lipinski definition) is 3. The first-order valence-corrected chi connectivity index (χ1v) is 7.22. The molecule has 0 bridgehead atoms. The van der Waals surface area contributed by atoms with E-state index in [1.807, 2.05) is 0 Å². The van der Waals surface area contributed by atoms with Gasteiger partial charge in [0.2, 0.25) is 5.91 Å². The van der Waals surface area contributed by atoms with E-state index in [9.17, 15) is 9.36 Å². The summed E-state index contributed by atoms with van der Waals surface area (Å²) in [5.41, 5.74) is 0. The molecule has 5 heteroatoms. The predicted molar refractivity (Wildman–Crippen MR) is 58.2 cm³/mol. The molecule has 2 N–H and O–H groups in total. The van der Waals surface area contributed by atoms with Crippen molar-refractivity contribution >= 4 is 13.0 Å². The fourth-order valence-electron chi connectivity index (χ4n) is 0.895. The van der Waals surface area contributed by atoms with Gasteiger partial charge in [-0.2, -0.15) is 0 Å². The standard InChI is InChI=1S/C9H18NO3P/c1-8(12)10-9(7-11)5-4-6-14(2,3)13/h4-5,9,11H,6-7H2,1-3H3,(H,10,12)/b5-4+. The highest BCUT2D eigenvalue weighted by molar-refractivity contribution is 7.62. The zero-order valence-electron chi connectivity index (χ0n) is 8.86. The highest BCUT2D eigenvalue weighted by atomic mass is 31.2. The summed E-state index contributed by atoms with van der Waals surface area (Å²) in [6, 6.07) is -0.376. The summed E-state index contributed by atoms with van der Waals surface area (Å²) < 4.78 is 11.3. The summed E-state index contributed by atoms with van der Waals surface area (Å²) in [4.78, 5) is 10.7. The maximum absolute atomic E-state index is 11.3. The highest BCUT2D eigenvalue weighted by Gasteiger charge is 2.06. The Morgan fingerprint density at radius 3 is 2.50 bits per heavy atom. The summed E-state index contributed by atoms with van der Waals surface area (Å²) in [6.07, 6.45) is 3.89. The van der Waals surface area contributed by atoms with Crippen molar-refractivity contribution in [1.29, 1.82) is 0 Å². The predicted octanol–water partition coefficient (Wildman–Crippen LogP) is 0.662. The molecule has 0 aliphatic rings. The van der Waals surface area contributed by atoms with Crippen LogP contribution in [0.5, 0.6) is 0 Å². The molecule has 0 radical (unpaired) electrons. The second kappa shape index (κ2) is 5.99. The fourth-order valence-corrected chi connectivity index (χ4v) is 1.52. The van der Waals surface area contributed by atoms with E-state index in [1.54, 1.807) is 25.5 Å². The van der Waals surface area contributed by atoms with E-state index in [0.717, 1.165) is 0 Å². The van der Waals surface area contributed by atoms with E-state index in [-0.39, 0.29) is 18.6 Å². The van der Waals surface area contributed by atoms with Crippen LogP contribution in [-0.2, 0) is 9.36 Å². The largest absolute Gasteiger partial charge is 0.394 e. The molecule has 0 saturated heterocycles. The molecule has 1 atom stereocenters. The quantitative estimate of drug-likeness (QED) is 0.527. The van der Waals surface area contributed by atoms with Gasteiger partial charge in [0.25, 0.3) is 0 Å². The lowest BCUT2D eigenvalue weighted by molar-refractivity contribution is -0.119. The molecule has 82 valence electrons. The summed E-state index contributed by atoms with van der Waals surface area (Å²) in [7, 11) is -2.05. The molecule has 0 heterocycles. The number of nitrogens with one attached hydrogen (secondary N) is 1. The molecule has 1 unspecified atom stereocenters. The number of hydrogen-bond donors (Lipinski definition) is 2. The first-order chi connectivity index (χ1) is 6.35. The number of allylic oxidation sites excluding steroid dienone is 1. The minimum absolute atomic E-state index is 0.145. The summed E-state index contributed by atoms with van der Waals surface area (Å²) in [6.45, 7) is 4.64. The van der Waals surface area contributed by atoms with Crippen molar-refractivity contribution in [3.63, 3.8) is 0 Å². The fraction of sp³-hybridized carbons (Fsp3) is 0.667. The van der Waals surface area contributed by atoms with Crippen molar-refractivity contribution in [2.24, 2.45) is 0 Å². The van der Waals surface area contributed by atoms with E-state index >= 15 is 0 Å². The Labute approximate surface area is 84.8 Å². The van der Waals surface area contributed by atoms with Crippen LogP contribution in [0, 0.1) is 0 Å². The normalized spacial score (nSPS) is 14.3. The molecule has 0 fully saturated rings. The Morgan fingerprint density at radius 1 is 1.57 bits per heavy atom. The van der Waals surface area contributed by atoms with Gasteiger partial charge < -0.3 is 15.0 Å². The first kappa shape index (κ1) is 13.4. The second-order valence-electron chi connectivity index (χ2n) is 3.67. The van der Waals surface area contributed by atoms with Gasteiger partial charge in [-0.3, -0.25) is 4.79 Å². The lowest BCUT2D eigenvalue weighted by atomic mass is 10.3. The van der Waals surface area contributed by atoms with E-state index in [4.69, 9.17) is 5.11 Å². The second-order valence-corrected chi connectivity index (χ2v) is 7.19. The van der Waals surface area contributed by atoms with Gasteiger partial charge in [0.15, 0.2) is 0 Å². The van der Waals surface area contributed by atoms with Crippen molar-refractivity contribution in [3.05, 3.63) is 12.2 Å². The molecular formula is C9H18NO3P. The van der Waals surface area contributed by atoms with Crippen LogP contribution in [0.15, 0.2) is 12.2 Å². The average Bonchev–Trinajstić information content (AvgIpc) is 1.99. The van der Waals surface area contributed by atoms with Crippen LogP contribution in [0.4, 0.5) is 0 Å². The van der Waals surface area contributed by atoms with Crippen LogP contribution >= 0.6 is 7.14 Å². The molecule has 0 aromatic heterocycles. The SMILES string of the molecule is CC(=O)NC(/C=C/CP(C)(C)=O)CO. The molecule has 4 nitrogen and oxygen atoms in total. The van der Waals surface area contributed by atoms with E-state index in [0.29, 0.717) is 6.16 Å². The molecule has 0 aromatic rings. The number of carbonyl (C=O) groups is 1. The molecule has 0 aliphatic carbocycles. The lowest BCUT2D eigenvalue weighted by Crippen LogP contribution is -2.34. The molecule has 0 aromatic carbocycles. The van der Waals surface area contributed by atoms with Crippen molar-refractivity contribution in [3.8, 4) is 0 Å². The van der Waals surface area contributed by atoms with Gasteiger partial charge in [-0.05, 0) is 13.3 Å². The Kier molecular flexibility index (Phi) is 5.73.